The van der Waals surface area contributed by atoms with E-state index < -0.39 is 30.3 Å². The number of carbonyl (C=O) groups is 1. The van der Waals surface area contributed by atoms with E-state index in [9.17, 15) is 31.1 Å². The fraction of sp³-hybridized carbons (Fsp3) is 0.708. The Balaban J connectivity index is 0.000000981. The van der Waals surface area contributed by atoms with Crippen molar-refractivity contribution in [3.63, 3.8) is 0 Å². The summed E-state index contributed by atoms with van der Waals surface area (Å²) in [5.41, 5.74) is -0.148. The lowest BCUT2D eigenvalue weighted by Gasteiger charge is -2.39. The van der Waals surface area contributed by atoms with Crippen LogP contribution in [0.1, 0.15) is 82.9 Å². The Morgan fingerprint density at radius 2 is 1.67 bits per heavy atom. The van der Waals surface area contributed by atoms with Crippen LogP contribution in [0.15, 0.2) is 24.3 Å². The lowest BCUT2D eigenvalue weighted by atomic mass is 9.85. The van der Waals surface area contributed by atoms with E-state index in [1.54, 1.807) is 0 Å². The minimum absolute atomic E-state index is 0.0156. The number of alkyl halides is 6. The molecule has 1 heterocycles. The standard InChI is InChI=1S/C19H23F6NO2.C5H12/c20-18(21,22)8-1-2-9-26-10-7-13(12-17(27)28)11-16(26)14-3-5-15(6-4-14)19(23,24)25;1-4-5(2)3/h3-6,13,16H,1-2,7-12H2,(H,27,28);5H,4H2,1-3H3/t13-,16+;/m1./s1. The Kier molecular flexibility index (Phi) is 11.7. The predicted molar refractivity (Wildman–Crippen MR) is 116 cm³/mol. The molecular weight excluding hydrogens is 448 g/mol. The van der Waals surface area contributed by atoms with Gasteiger partial charge in [0, 0.05) is 18.9 Å². The maximum absolute atomic E-state index is 12.8. The number of benzene rings is 1. The summed E-state index contributed by atoms with van der Waals surface area (Å²) in [6.07, 6.45) is -6.89. The lowest BCUT2D eigenvalue weighted by molar-refractivity contribution is -0.139. The summed E-state index contributed by atoms with van der Waals surface area (Å²) in [6, 6.07) is 4.42. The third kappa shape index (κ3) is 11.8. The van der Waals surface area contributed by atoms with Gasteiger partial charge in [-0.15, -0.1) is 0 Å². The maximum Gasteiger partial charge on any atom is 0.416 e. The van der Waals surface area contributed by atoms with Gasteiger partial charge in [-0.2, -0.15) is 26.3 Å². The number of unbranched alkanes of at least 4 members (excludes halogenated alkanes) is 1. The fourth-order valence-electron chi connectivity index (χ4n) is 3.67. The van der Waals surface area contributed by atoms with Gasteiger partial charge >= 0.3 is 18.3 Å². The molecule has 1 aromatic carbocycles. The van der Waals surface area contributed by atoms with Crippen LogP contribution in [0.4, 0.5) is 26.3 Å². The first-order valence-electron chi connectivity index (χ1n) is 11.4. The molecule has 1 N–H and O–H groups in total. The van der Waals surface area contributed by atoms with E-state index in [1.165, 1.54) is 18.6 Å². The monoisotopic (exact) mass is 483 g/mol. The molecule has 1 aliphatic heterocycles. The first-order chi connectivity index (χ1) is 15.2. The molecule has 0 saturated carbocycles. The van der Waals surface area contributed by atoms with Crippen molar-refractivity contribution in [1.29, 1.82) is 0 Å². The highest BCUT2D eigenvalue weighted by Crippen LogP contribution is 2.37. The van der Waals surface area contributed by atoms with Crippen LogP contribution in [0.3, 0.4) is 0 Å². The Morgan fingerprint density at radius 1 is 1.09 bits per heavy atom. The Labute approximate surface area is 192 Å². The van der Waals surface area contributed by atoms with E-state index in [-0.39, 0.29) is 24.8 Å². The Bertz CT molecular complexity index is 700. The third-order valence-electron chi connectivity index (χ3n) is 5.88. The molecule has 2 rings (SSSR count). The topological polar surface area (TPSA) is 40.5 Å². The van der Waals surface area contributed by atoms with Crippen LogP contribution in [0.2, 0.25) is 0 Å². The molecule has 0 aromatic heterocycles. The van der Waals surface area contributed by atoms with Crippen molar-refractivity contribution >= 4 is 5.97 Å². The number of carboxylic acid groups (broad SMARTS) is 1. The van der Waals surface area contributed by atoms with E-state index in [0.29, 0.717) is 37.9 Å². The number of hydrogen-bond acceptors (Lipinski definition) is 2. The van der Waals surface area contributed by atoms with Crippen LogP contribution >= 0.6 is 0 Å². The molecule has 0 unspecified atom stereocenters. The average molecular weight is 484 g/mol. The maximum atomic E-state index is 12.8. The van der Waals surface area contributed by atoms with E-state index in [1.807, 2.05) is 4.90 Å². The molecule has 3 nitrogen and oxygen atoms in total. The quantitative estimate of drug-likeness (QED) is 0.304. The number of hydrogen-bond donors (Lipinski definition) is 1. The summed E-state index contributed by atoms with van der Waals surface area (Å²) in [6.45, 7) is 7.54. The highest BCUT2D eigenvalue weighted by Gasteiger charge is 2.33. The molecular formula is C24H35F6NO2. The Morgan fingerprint density at radius 3 is 2.12 bits per heavy atom. The lowest BCUT2D eigenvalue weighted by Crippen LogP contribution is -2.38. The molecule has 0 radical (unpaired) electrons. The van der Waals surface area contributed by atoms with Crippen molar-refractivity contribution in [2.24, 2.45) is 11.8 Å². The molecule has 33 heavy (non-hydrogen) atoms. The predicted octanol–water partition coefficient (Wildman–Crippen LogP) is 7.72. The summed E-state index contributed by atoms with van der Waals surface area (Å²) in [7, 11) is 0. The zero-order chi connectivity index (χ0) is 25.2. The number of likely N-dealkylation sites (tertiary alicyclic amines) is 1. The van der Waals surface area contributed by atoms with Crippen LogP contribution in [0.5, 0.6) is 0 Å². The van der Waals surface area contributed by atoms with Crippen LogP contribution in [-0.2, 0) is 11.0 Å². The van der Waals surface area contributed by atoms with Gasteiger partial charge in [0.1, 0.15) is 0 Å². The van der Waals surface area contributed by atoms with Gasteiger partial charge < -0.3 is 5.11 Å². The van der Waals surface area contributed by atoms with Crippen LogP contribution in [0.25, 0.3) is 0 Å². The molecule has 0 spiro atoms. The molecule has 1 fully saturated rings. The van der Waals surface area contributed by atoms with Crippen molar-refractivity contribution in [1.82, 2.24) is 4.90 Å². The summed E-state index contributed by atoms with van der Waals surface area (Å²) in [4.78, 5) is 13.0. The SMILES string of the molecule is CCC(C)C.O=C(O)C[C@@H]1CCN(CCCCC(F)(F)F)[C@H](c2ccc(C(F)(F)F)cc2)C1. The summed E-state index contributed by atoms with van der Waals surface area (Å²) < 4.78 is 75.3. The van der Waals surface area contributed by atoms with Gasteiger partial charge in [0.15, 0.2) is 0 Å². The van der Waals surface area contributed by atoms with Crippen molar-refractivity contribution in [3.8, 4) is 0 Å². The smallest absolute Gasteiger partial charge is 0.416 e. The number of carboxylic acids is 1. The van der Waals surface area contributed by atoms with Gasteiger partial charge in [-0.3, -0.25) is 9.69 Å². The summed E-state index contributed by atoms with van der Waals surface area (Å²) >= 11 is 0. The van der Waals surface area contributed by atoms with Crippen LogP contribution in [-0.4, -0.2) is 35.2 Å². The second kappa shape index (κ2) is 13.2. The highest BCUT2D eigenvalue weighted by atomic mass is 19.4. The first-order valence-corrected chi connectivity index (χ1v) is 11.4. The van der Waals surface area contributed by atoms with Crippen molar-refractivity contribution in [2.75, 3.05) is 13.1 Å². The van der Waals surface area contributed by atoms with Gasteiger partial charge in [0.05, 0.1) is 5.56 Å². The van der Waals surface area contributed by atoms with Gasteiger partial charge in [-0.25, -0.2) is 0 Å². The number of nitrogens with zero attached hydrogens (tertiary/aromatic N) is 1. The van der Waals surface area contributed by atoms with E-state index in [4.69, 9.17) is 5.11 Å². The van der Waals surface area contributed by atoms with Gasteiger partial charge in [0.25, 0.3) is 0 Å². The van der Waals surface area contributed by atoms with Crippen molar-refractivity contribution in [2.45, 2.75) is 84.1 Å². The van der Waals surface area contributed by atoms with Crippen LogP contribution in [0, 0.1) is 11.8 Å². The van der Waals surface area contributed by atoms with Crippen LogP contribution < -0.4 is 0 Å². The number of aliphatic carboxylic acids is 1. The number of rotatable bonds is 8. The number of halogens is 6. The third-order valence-corrected chi connectivity index (χ3v) is 5.88. The van der Waals surface area contributed by atoms with Crippen molar-refractivity contribution in [3.05, 3.63) is 35.4 Å². The van der Waals surface area contributed by atoms with Crippen molar-refractivity contribution < 1.29 is 36.2 Å². The molecule has 0 amide bonds. The average Bonchev–Trinajstić information content (AvgIpc) is 2.70. The minimum Gasteiger partial charge on any atom is -0.481 e. The molecule has 1 aromatic rings. The molecule has 2 atom stereocenters. The van der Waals surface area contributed by atoms with E-state index in [0.717, 1.165) is 18.1 Å². The zero-order valence-corrected chi connectivity index (χ0v) is 19.5. The first kappa shape index (κ1) is 29.3. The normalized spacial score (nSPS) is 19.8. The fourth-order valence-corrected chi connectivity index (χ4v) is 3.67. The van der Waals surface area contributed by atoms with Gasteiger partial charge in [0.2, 0.25) is 0 Å². The summed E-state index contributed by atoms with van der Waals surface area (Å²) in [5, 5.41) is 9.02. The van der Waals surface area contributed by atoms with Gasteiger partial charge in [-0.1, -0.05) is 39.3 Å². The molecule has 190 valence electrons. The molecule has 0 aliphatic carbocycles. The minimum atomic E-state index is -4.45. The summed E-state index contributed by atoms with van der Waals surface area (Å²) in [5.74, 6) is -0.166. The van der Waals surface area contributed by atoms with E-state index in [2.05, 4.69) is 20.8 Å². The van der Waals surface area contributed by atoms with Gasteiger partial charge in [-0.05, 0) is 68.3 Å². The highest BCUT2D eigenvalue weighted by molar-refractivity contribution is 5.67. The molecule has 1 aliphatic rings. The number of piperidine rings is 1. The molecule has 0 bridgehead atoms. The van der Waals surface area contributed by atoms with E-state index >= 15 is 0 Å². The molecule has 9 heteroatoms. The second-order valence-corrected chi connectivity index (χ2v) is 9.03. The Hall–Kier alpha value is -1.77. The second-order valence-electron chi connectivity index (χ2n) is 9.03. The zero-order valence-electron chi connectivity index (χ0n) is 19.5. The largest absolute Gasteiger partial charge is 0.481 e. The molecule has 1 saturated heterocycles.